The van der Waals surface area contributed by atoms with Crippen molar-refractivity contribution in [2.75, 3.05) is 26.3 Å². The molecule has 0 saturated heterocycles. The minimum absolute atomic E-state index is 0.259. The fourth-order valence-electron chi connectivity index (χ4n) is 1.35. The monoisotopic (exact) mass is 288 g/mol. The molecule has 0 aliphatic carbocycles. The van der Waals surface area contributed by atoms with E-state index < -0.39 is 0 Å². The quantitative estimate of drug-likeness (QED) is 0.706. The van der Waals surface area contributed by atoms with E-state index in [4.69, 9.17) is 9.84 Å². The molecule has 0 saturated carbocycles. The van der Waals surface area contributed by atoms with E-state index in [2.05, 4.69) is 21.2 Å². The lowest BCUT2D eigenvalue weighted by molar-refractivity contribution is -0.656. The SMILES string of the molecule is OCC[NH2+]CCCCOc1ccc(Br)cc1. The van der Waals surface area contributed by atoms with Gasteiger partial charge in [0.05, 0.1) is 26.3 Å². The molecule has 0 aromatic heterocycles. The predicted octanol–water partition coefficient (Wildman–Crippen LogP) is 1.16. The van der Waals surface area contributed by atoms with Crippen LogP contribution in [0.1, 0.15) is 12.8 Å². The number of halogens is 1. The smallest absolute Gasteiger partial charge is 0.119 e. The topological polar surface area (TPSA) is 46.1 Å². The van der Waals surface area contributed by atoms with E-state index in [1.165, 1.54) is 0 Å². The summed E-state index contributed by atoms with van der Waals surface area (Å²) in [6.07, 6.45) is 2.18. The number of nitrogens with two attached hydrogens (primary N) is 1. The highest BCUT2D eigenvalue weighted by atomic mass is 79.9. The second-order valence-corrected chi connectivity index (χ2v) is 4.51. The second kappa shape index (κ2) is 8.56. The van der Waals surface area contributed by atoms with E-state index in [-0.39, 0.29) is 6.61 Å². The standard InChI is InChI=1S/C12H18BrNO2/c13-11-3-5-12(6-4-11)16-10-2-1-7-14-8-9-15/h3-6,14-15H,1-2,7-10H2/p+1. The first-order chi connectivity index (χ1) is 7.83. The predicted molar refractivity (Wildman–Crippen MR) is 67.6 cm³/mol. The van der Waals surface area contributed by atoms with Crippen molar-refractivity contribution in [3.63, 3.8) is 0 Å². The van der Waals surface area contributed by atoms with E-state index in [1.54, 1.807) is 0 Å². The lowest BCUT2D eigenvalue weighted by Crippen LogP contribution is -2.85. The maximum absolute atomic E-state index is 8.58. The lowest BCUT2D eigenvalue weighted by atomic mass is 10.3. The summed E-state index contributed by atoms with van der Waals surface area (Å²) >= 11 is 3.38. The van der Waals surface area contributed by atoms with Gasteiger partial charge in [-0.1, -0.05) is 15.9 Å². The summed E-state index contributed by atoms with van der Waals surface area (Å²) in [5.74, 6) is 0.919. The number of ether oxygens (including phenoxy) is 1. The zero-order chi connectivity index (χ0) is 11.6. The maximum atomic E-state index is 8.58. The number of benzene rings is 1. The van der Waals surface area contributed by atoms with Gasteiger partial charge in [0.25, 0.3) is 0 Å². The first-order valence-corrected chi connectivity index (χ1v) is 6.43. The number of hydrogen-bond donors (Lipinski definition) is 2. The summed E-state index contributed by atoms with van der Waals surface area (Å²) in [6.45, 7) is 2.88. The average Bonchev–Trinajstić information content (AvgIpc) is 2.30. The van der Waals surface area contributed by atoms with Gasteiger partial charge in [0, 0.05) is 4.47 Å². The Balaban J connectivity index is 2.01. The molecule has 0 bridgehead atoms. The number of aliphatic hydroxyl groups is 1. The number of quaternary nitrogens is 1. The van der Waals surface area contributed by atoms with Crippen molar-refractivity contribution in [1.29, 1.82) is 0 Å². The fourth-order valence-corrected chi connectivity index (χ4v) is 1.61. The summed E-state index contributed by atoms with van der Waals surface area (Å²) in [5.41, 5.74) is 0. The van der Waals surface area contributed by atoms with Gasteiger partial charge in [-0.3, -0.25) is 0 Å². The highest BCUT2D eigenvalue weighted by molar-refractivity contribution is 9.10. The Kier molecular flexibility index (Phi) is 7.21. The van der Waals surface area contributed by atoms with Gasteiger partial charge in [-0.2, -0.15) is 0 Å². The van der Waals surface area contributed by atoms with Crippen LogP contribution in [0.15, 0.2) is 28.7 Å². The Bertz CT molecular complexity index is 277. The molecule has 0 heterocycles. The first kappa shape index (κ1) is 13.5. The Morgan fingerprint density at radius 1 is 1.12 bits per heavy atom. The normalized spacial score (nSPS) is 10.4. The van der Waals surface area contributed by atoms with Gasteiger partial charge < -0.3 is 15.2 Å². The number of hydrogen-bond acceptors (Lipinski definition) is 2. The van der Waals surface area contributed by atoms with E-state index >= 15 is 0 Å². The molecule has 1 rings (SSSR count). The van der Waals surface area contributed by atoms with Crippen LogP contribution in [0.3, 0.4) is 0 Å². The summed E-state index contributed by atoms with van der Waals surface area (Å²) < 4.78 is 6.65. The van der Waals surface area contributed by atoms with E-state index in [0.717, 1.165) is 42.8 Å². The van der Waals surface area contributed by atoms with Gasteiger partial charge in [-0.25, -0.2) is 0 Å². The van der Waals surface area contributed by atoms with Crippen molar-refractivity contribution in [1.82, 2.24) is 0 Å². The molecule has 0 aliphatic rings. The van der Waals surface area contributed by atoms with Crippen LogP contribution in [-0.2, 0) is 0 Å². The minimum Gasteiger partial charge on any atom is -0.494 e. The van der Waals surface area contributed by atoms with Crippen LogP contribution in [0.2, 0.25) is 0 Å². The third-order valence-electron chi connectivity index (χ3n) is 2.22. The molecule has 0 unspecified atom stereocenters. The van der Waals surface area contributed by atoms with Crippen molar-refractivity contribution in [3.05, 3.63) is 28.7 Å². The molecule has 4 heteroatoms. The molecule has 1 aromatic rings. The van der Waals surface area contributed by atoms with Crippen LogP contribution in [0.4, 0.5) is 0 Å². The van der Waals surface area contributed by atoms with Crippen LogP contribution in [0.25, 0.3) is 0 Å². The molecule has 3 N–H and O–H groups in total. The highest BCUT2D eigenvalue weighted by Crippen LogP contribution is 2.16. The highest BCUT2D eigenvalue weighted by Gasteiger charge is 1.95. The molecule has 0 atom stereocenters. The van der Waals surface area contributed by atoms with Gasteiger partial charge in [0.2, 0.25) is 0 Å². The summed E-state index contributed by atoms with van der Waals surface area (Å²) in [5, 5.41) is 10.7. The minimum atomic E-state index is 0.259. The first-order valence-electron chi connectivity index (χ1n) is 5.64. The summed E-state index contributed by atoms with van der Waals surface area (Å²) in [7, 11) is 0. The van der Waals surface area contributed by atoms with Gasteiger partial charge >= 0.3 is 0 Å². The van der Waals surface area contributed by atoms with Crippen molar-refractivity contribution < 1.29 is 15.2 Å². The van der Waals surface area contributed by atoms with Crippen molar-refractivity contribution in [3.8, 4) is 5.75 Å². The van der Waals surface area contributed by atoms with E-state index in [0.29, 0.717) is 0 Å². The number of aliphatic hydroxyl groups excluding tert-OH is 1. The zero-order valence-electron chi connectivity index (χ0n) is 9.36. The van der Waals surface area contributed by atoms with Crippen LogP contribution in [-0.4, -0.2) is 31.4 Å². The van der Waals surface area contributed by atoms with Crippen LogP contribution in [0, 0.1) is 0 Å². The molecular weight excluding hydrogens is 270 g/mol. The van der Waals surface area contributed by atoms with Crippen molar-refractivity contribution in [2.24, 2.45) is 0 Å². The number of unbranched alkanes of at least 4 members (excludes halogenated alkanes) is 1. The Morgan fingerprint density at radius 2 is 1.88 bits per heavy atom. The van der Waals surface area contributed by atoms with E-state index in [1.807, 2.05) is 24.3 Å². The molecule has 0 spiro atoms. The molecule has 16 heavy (non-hydrogen) atoms. The average molecular weight is 289 g/mol. The van der Waals surface area contributed by atoms with Gasteiger partial charge in [0.1, 0.15) is 5.75 Å². The number of rotatable bonds is 8. The largest absolute Gasteiger partial charge is 0.494 e. The molecule has 0 radical (unpaired) electrons. The molecule has 0 aliphatic heterocycles. The van der Waals surface area contributed by atoms with Crippen LogP contribution in [0.5, 0.6) is 5.75 Å². The summed E-state index contributed by atoms with van der Waals surface area (Å²) in [6, 6.07) is 7.87. The third kappa shape index (κ3) is 6.10. The van der Waals surface area contributed by atoms with E-state index in [9.17, 15) is 0 Å². The Hall–Kier alpha value is -0.580. The van der Waals surface area contributed by atoms with Crippen LogP contribution < -0.4 is 10.1 Å². The zero-order valence-corrected chi connectivity index (χ0v) is 10.9. The van der Waals surface area contributed by atoms with Crippen molar-refractivity contribution in [2.45, 2.75) is 12.8 Å². The van der Waals surface area contributed by atoms with Gasteiger partial charge in [-0.15, -0.1) is 0 Å². The summed E-state index contributed by atoms with van der Waals surface area (Å²) in [4.78, 5) is 0. The molecule has 90 valence electrons. The molecular formula is C12H19BrNO2+. The fraction of sp³-hybridized carbons (Fsp3) is 0.500. The molecule has 0 amide bonds. The lowest BCUT2D eigenvalue weighted by Gasteiger charge is -2.05. The molecule has 3 nitrogen and oxygen atoms in total. The molecule has 0 fully saturated rings. The van der Waals surface area contributed by atoms with Gasteiger partial charge in [-0.05, 0) is 37.1 Å². The Labute approximate surface area is 105 Å². The molecule has 1 aromatic carbocycles. The van der Waals surface area contributed by atoms with Crippen LogP contribution >= 0.6 is 15.9 Å². The van der Waals surface area contributed by atoms with Gasteiger partial charge in [0.15, 0.2) is 0 Å². The Morgan fingerprint density at radius 3 is 2.56 bits per heavy atom. The van der Waals surface area contributed by atoms with Crippen molar-refractivity contribution >= 4 is 15.9 Å². The maximum Gasteiger partial charge on any atom is 0.119 e. The second-order valence-electron chi connectivity index (χ2n) is 3.60. The third-order valence-corrected chi connectivity index (χ3v) is 2.75.